The molecule has 0 bridgehead atoms. The summed E-state index contributed by atoms with van der Waals surface area (Å²) in [5.74, 6) is 0.660. The van der Waals surface area contributed by atoms with Crippen molar-refractivity contribution in [2.45, 2.75) is 52.6 Å². The van der Waals surface area contributed by atoms with Crippen LogP contribution in [0.4, 0.5) is 5.69 Å². The molecule has 4 heteroatoms. The lowest BCUT2D eigenvalue weighted by atomic mass is 9.93. The third-order valence-corrected chi connectivity index (χ3v) is 3.88. The van der Waals surface area contributed by atoms with E-state index in [1.165, 1.54) is 0 Å². The summed E-state index contributed by atoms with van der Waals surface area (Å²) in [6, 6.07) is 5.26. The van der Waals surface area contributed by atoms with Crippen LogP contribution in [0.2, 0.25) is 0 Å². The predicted octanol–water partition coefficient (Wildman–Crippen LogP) is 3.81. The standard InChI is InChI=1S/C17H23NO3/c1-5-11(6-2)16(20)18-12-7-8-15-13(9-12)14(19)10-17(3,4)21-15/h7-9,11H,5-6,10H2,1-4H3,(H,18,20). The molecule has 0 saturated heterocycles. The number of ether oxygens (including phenoxy) is 1. The second-order valence-corrected chi connectivity index (χ2v) is 6.18. The molecule has 0 aliphatic carbocycles. The molecule has 0 aromatic heterocycles. The van der Waals surface area contributed by atoms with Gasteiger partial charge in [0.2, 0.25) is 5.91 Å². The molecule has 21 heavy (non-hydrogen) atoms. The molecule has 0 fully saturated rings. The van der Waals surface area contributed by atoms with Crippen molar-refractivity contribution in [1.82, 2.24) is 0 Å². The second kappa shape index (κ2) is 5.88. The molecule has 1 aromatic carbocycles. The first-order valence-electron chi connectivity index (χ1n) is 7.53. The van der Waals surface area contributed by atoms with Gasteiger partial charge in [-0.1, -0.05) is 13.8 Å². The lowest BCUT2D eigenvalue weighted by Gasteiger charge is -2.31. The number of Topliss-reactive ketones (excluding diaryl/α,β-unsaturated/α-hetero) is 1. The van der Waals surface area contributed by atoms with Crippen LogP contribution in [0.1, 0.15) is 57.3 Å². The zero-order valence-electron chi connectivity index (χ0n) is 13.2. The maximum absolute atomic E-state index is 12.2. The molecule has 1 heterocycles. The minimum Gasteiger partial charge on any atom is -0.487 e. The summed E-state index contributed by atoms with van der Waals surface area (Å²) < 4.78 is 5.81. The van der Waals surface area contributed by atoms with E-state index in [1.807, 2.05) is 27.7 Å². The molecular formula is C17H23NO3. The molecule has 1 aliphatic heterocycles. The summed E-state index contributed by atoms with van der Waals surface area (Å²) in [4.78, 5) is 24.3. The van der Waals surface area contributed by atoms with Gasteiger partial charge in [-0.05, 0) is 44.9 Å². The van der Waals surface area contributed by atoms with Gasteiger partial charge in [-0.15, -0.1) is 0 Å². The van der Waals surface area contributed by atoms with E-state index >= 15 is 0 Å². The lowest BCUT2D eigenvalue weighted by molar-refractivity contribution is -0.120. The highest BCUT2D eigenvalue weighted by Crippen LogP contribution is 2.34. The normalized spacial score (nSPS) is 16.3. The number of nitrogens with one attached hydrogen (secondary N) is 1. The summed E-state index contributed by atoms with van der Waals surface area (Å²) in [7, 11) is 0. The maximum atomic E-state index is 12.2. The molecule has 0 spiro atoms. The first kappa shape index (κ1) is 15.5. The van der Waals surface area contributed by atoms with Gasteiger partial charge in [0, 0.05) is 11.6 Å². The first-order valence-corrected chi connectivity index (χ1v) is 7.53. The summed E-state index contributed by atoms with van der Waals surface area (Å²) in [5, 5.41) is 2.89. The van der Waals surface area contributed by atoms with Crippen LogP contribution >= 0.6 is 0 Å². The quantitative estimate of drug-likeness (QED) is 0.917. The van der Waals surface area contributed by atoms with E-state index in [4.69, 9.17) is 4.74 Å². The highest BCUT2D eigenvalue weighted by Gasteiger charge is 2.32. The van der Waals surface area contributed by atoms with Gasteiger partial charge in [-0.2, -0.15) is 0 Å². The molecule has 2 rings (SSSR count). The molecule has 1 N–H and O–H groups in total. The van der Waals surface area contributed by atoms with Crippen LogP contribution in [0.15, 0.2) is 18.2 Å². The van der Waals surface area contributed by atoms with Gasteiger partial charge in [0.05, 0.1) is 12.0 Å². The number of fused-ring (bicyclic) bond motifs is 1. The highest BCUT2D eigenvalue weighted by molar-refractivity contribution is 6.02. The average Bonchev–Trinajstić information content (AvgIpc) is 2.40. The van der Waals surface area contributed by atoms with E-state index < -0.39 is 5.60 Å². The van der Waals surface area contributed by atoms with Gasteiger partial charge < -0.3 is 10.1 Å². The Hall–Kier alpha value is -1.84. The second-order valence-electron chi connectivity index (χ2n) is 6.18. The maximum Gasteiger partial charge on any atom is 0.227 e. The number of rotatable bonds is 4. The fourth-order valence-electron chi connectivity index (χ4n) is 2.63. The van der Waals surface area contributed by atoms with Gasteiger partial charge in [0.1, 0.15) is 11.4 Å². The summed E-state index contributed by atoms with van der Waals surface area (Å²) >= 11 is 0. The molecule has 4 nitrogen and oxygen atoms in total. The van der Waals surface area contributed by atoms with Crippen LogP contribution in [0, 0.1) is 5.92 Å². The van der Waals surface area contributed by atoms with E-state index in [0.717, 1.165) is 12.8 Å². The Morgan fingerprint density at radius 3 is 2.62 bits per heavy atom. The third kappa shape index (κ3) is 3.43. The highest BCUT2D eigenvalue weighted by atomic mass is 16.5. The number of amides is 1. The topological polar surface area (TPSA) is 55.4 Å². The molecular weight excluding hydrogens is 266 g/mol. The summed E-state index contributed by atoms with van der Waals surface area (Å²) in [6.45, 7) is 7.80. The Morgan fingerprint density at radius 2 is 2.00 bits per heavy atom. The zero-order valence-corrected chi connectivity index (χ0v) is 13.2. The molecule has 0 saturated carbocycles. The van der Waals surface area contributed by atoms with Crippen molar-refractivity contribution >= 4 is 17.4 Å². The Labute approximate surface area is 125 Å². The van der Waals surface area contributed by atoms with Crippen molar-refractivity contribution in [2.24, 2.45) is 5.92 Å². The molecule has 1 amide bonds. The first-order chi connectivity index (χ1) is 9.86. The van der Waals surface area contributed by atoms with Crippen molar-refractivity contribution < 1.29 is 14.3 Å². The fourth-order valence-corrected chi connectivity index (χ4v) is 2.63. The summed E-state index contributed by atoms with van der Waals surface area (Å²) in [6.07, 6.45) is 1.97. The number of anilines is 1. The van der Waals surface area contributed by atoms with Crippen LogP contribution in [0.3, 0.4) is 0 Å². The molecule has 0 unspecified atom stereocenters. The molecule has 1 aliphatic rings. The van der Waals surface area contributed by atoms with E-state index in [1.54, 1.807) is 18.2 Å². The minimum absolute atomic E-state index is 0.00413. The molecule has 114 valence electrons. The number of ketones is 1. The Bertz CT molecular complexity index is 559. The molecule has 0 atom stereocenters. The fraction of sp³-hybridized carbons (Fsp3) is 0.529. The number of carbonyl (C=O) groups excluding carboxylic acids is 2. The van der Waals surface area contributed by atoms with Gasteiger partial charge in [0.15, 0.2) is 5.78 Å². The number of hydrogen-bond acceptors (Lipinski definition) is 3. The Kier molecular flexibility index (Phi) is 4.35. The predicted molar refractivity (Wildman–Crippen MR) is 82.8 cm³/mol. The van der Waals surface area contributed by atoms with E-state index in [-0.39, 0.29) is 17.6 Å². The van der Waals surface area contributed by atoms with Gasteiger partial charge >= 0.3 is 0 Å². The minimum atomic E-state index is -0.468. The monoisotopic (exact) mass is 289 g/mol. The smallest absolute Gasteiger partial charge is 0.227 e. The SMILES string of the molecule is CCC(CC)C(=O)Nc1ccc2c(c1)C(=O)CC(C)(C)O2. The molecule has 1 aromatic rings. The van der Waals surface area contributed by atoms with Crippen molar-refractivity contribution in [3.63, 3.8) is 0 Å². The summed E-state index contributed by atoms with van der Waals surface area (Å²) in [5.41, 5.74) is 0.739. The van der Waals surface area contributed by atoms with E-state index in [9.17, 15) is 9.59 Å². The number of carbonyl (C=O) groups is 2. The van der Waals surface area contributed by atoms with Crippen LogP contribution < -0.4 is 10.1 Å². The van der Waals surface area contributed by atoms with Crippen LogP contribution in [-0.4, -0.2) is 17.3 Å². The largest absolute Gasteiger partial charge is 0.487 e. The van der Waals surface area contributed by atoms with Crippen LogP contribution in [0.25, 0.3) is 0 Å². The van der Waals surface area contributed by atoms with Crippen LogP contribution in [0.5, 0.6) is 5.75 Å². The van der Waals surface area contributed by atoms with Gasteiger partial charge in [0.25, 0.3) is 0 Å². The van der Waals surface area contributed by atoms with Crippen molar-refractivity contribution in [3.8, 4) is 5.75 Å². The molecule has 0 radical (unpaired) electrons. The van der Waals surface area contributed by atoms with Crippen molar-refractivity contribution in [2.75, 3.05) is 5.32 Å². The van der Waals surface area contributed by atoms with Crippen molar-refractivity contribution in [3.05, 3.63) is 23.8 Å². The third-order valence-electron chi connectivity index (χ3n) is 3.88. The van der Waals surface area contributed by atoms with Gasteiger partial charge in [-0.25, -0.2) is 0 Å². The van der Waals surface area contributed by atoms with Gasteiger partial charge in [-0.3, -0.25) is 9.59 Å². The Morgan fingerprint density at radius 1 is 1.33 bits per heavy atom. The van der Waals surface area contributed by atoms with E-state index in [0.29, 0.717) is 23.4 Å². The lowest BCUT2D eigenvalue weighted by Crippen LogP contribution is -2.35. The number of benzene rings is 1. The number of hydrogen-bond donors (Lipinski definition) is 1. The zero-order chi connectivity index (χ0) is 15.6. The van der Waals surface area contributed by atoms with Crippen molar-refractivity contribution in [1.29, 1.82) is 0 Å². The van der Waals surface area contributed by atoms with E-state index in [2.05, 4.69) is 5.32 Å². The van der Waals surface area contributed by atoms with Crippen LogP contribution in [-0.2, 0) is 4.79 Å². The Balaban J connectivity index is 2.20. The average molecular weight is 289 g/mol.